The molecule has 556 valence electrons. The summed E-state index contributed by atoms with van der Waals surface area (Å²) in [6.45, 7) is 13.7. The molecule has 6 nitrogen and oxygen atoms in total. The molecule has 0 unspecified atom stereocenters. The van der Waals surface area contributed by atoms with Crippen molar-refractivity contribution in [2.75, 3.05) is 14.7 Å². The van der Waals surface area contributed by atoms with Crippen molar-refractivity contribution < 1.29 is 0 Å². The summed E-state index contributed by atoms with van der Waals surface area (Å²) in [7, 11) is 0. The number of para-hydroxylation sites is 5. The minimum atomic E-state index is -0.294. The van der Waals surface area contributed by atoms with Crippen LogP contribution >= 0.6 is 0 Å². The minimum absolute atomic E-state index is 0.110. The average molecular weight is 1500 g/mol. The summed E-state index contributed by atoms with van der Waals surface area (Å²) in [6.07, 6.45) is 0. The quantitative estimate of drug-likeness (QED) is 0.114. The normalized spacial score (nSPS) is 12.6. The molecule has 0 fully saturated rings. The van der Waals surface area contributed by atoms with Crippen molar-refractivity contribution in [3.63, 3.8) is 0 Å². The van der Waals surface area contributed by atoms with Crippen molar-refractivity contribution in [1.82, 2.24) is 13.7 Å². The Labute approximate surface area is 683 Å². The van der Waals surface area contributed by atoms with E-state index in [0.717, 1.165) is 135 Å². The van der Waals surface area contributed by atoms with Crippen molar-refractivity contribution in [2.45, 2.75) is 52.4 Å². The number of fused-ring (bicyclic) bond motifs is 13. The first kappa shape index (κ1) is 69.3. The third kappa shape index (κ3) is 11.5. The van der Waals surface area contributed by atoms with Crippen LogP contribution in [0.5, 0.6) is 0 Å². The number of aromatic nitrogens is 3. The third-order valence-electron chi connectivity index (χ3n) is 24.6. The molecule has 0 saturated heterocycles. The number of benzene rings is 17. The Kier molecular flexibility index (Phi) is 16.1. The monoisotopic (exact) mass is 1500 g/mol. The van der Waals surface area contributed by atoms with Gasteiger partial charge in [0.2, 0.25) is 0 Å². The summed E-state index contributed by atoms with van der Waals surface area (Å²) in [4.78, 5) is 7.76. The van der Waals surface area contributed by atoms with Gasteiger partial charge in [-0.15, -0.1) is 0 Å². The highest BCUT2D eigenvalue weighted by molar-refractivity contribution is 7.00. The van der Waals surface area contributed by atoms with Gasteiger partial charge in [-0.25, -0.2) is 0 Å². The summed E-state index contributed by atoms with van der Waals surface area (Å²) in [5.41, 5.74) is 34.7. The molecule has 17 aromatic carbocycles. The fraction of sp³-hybridized carbons (Fsp3) is 0.0727. The Morgan fingerprint density at radius 2 is 0.530 bits per heavy atom. The Balaban J connectivity index is 0.878. The molecule has 20 aromatic rings. The largest absolute Gasteiger partial charge is 0.311 e. The molecular weight excluding hydrogens is 1420 g/mol. The maximum Gasteiger partial charge on any atom is 0.252 e. The molecule has 2 aliphatic rings. The van der Waals surface area contributed by atoms with Gasteiger partial charge in [0.25, 0.3) is 6.71 Å². The van der Waals surface area contributed by atoms with E-state index < -0.39 is 0 Å². The number of nitrogens with zero attached hydrogens (tertiary/aromatic N) is 6. The van der Waals surface area contributed by atoms with Crippen LogP contribution in [0.4, 0.5) is 51.2 Å². The first-order valence-corrected chi connectivity index (χ1v) is 40.9. The summed E-state index contributed by atoms with van der Waals surface area (Å²) in [5, 5.41) is 7.36. The van der Waals surface area contributed by atoms with E-state index in [1.54, 1.807) is 0 Å². The van der Waals surface area contributed by atoms with Gasteiger partial charge < -0.3 is 28.4 Å². The molecule has 7 heteroatoms. The van der Waals surface area contributed by atoms with E-state index in [1.165, 1.54) is 70.9 Å². The van der Waals surface area contributed by atoms with E-state index in [1.807, 2.05) is 0 Å². The lowest BCUT2D eigenvalue weighted by Gasteiger charge is -2.45. The van der Waals surface area contributed by atoms with Gasteiger partial charge in [0, 0.05) is 94.9 Å². The van der Waals surface area contributed by atoms with Gasteiger partial charge in [-0.05, 0) is 241 Å². The molecule has 3 aromatic heterocycles. The van der Waals surface area contributed by atoms with Crippen molar-refractivity contribution in [1.29, 1.82) is 0 Å². The maximum atomic E-state index is 2.65. The van der Waals surface area contributed by atoms with Crippen LogP contribution in [0.25, 0.3) is 127 Å². The van der Waals surface area contributed by atoms with Crippen LogP contribution in [0.3, 0.4) is 0 Å². The molecule has 0 spiro atoms. The zero-order chi connectivity index (χ0) is 78.4. The van der Waals surface area contributed by atoms with E-state index >= 15 is 0 Å². The van der Waals surface area contributed by atoms with Crippen LogP contribution in [0.1, 0.15) is 52.7 Å². The molecule has 22 rings (SSSR count). The molecule has 0 radical (unpaired) electrons. The van der Waals surface area contributed by atoms with E-state index in [9.17, 15) is 0 Å². The Hall–Kier alpha value is -14.4. The highest BCUT2D eigenvalue weighted by Gasteiger charge is 2.45. The van der Waals surface area contributed by atoms with Crippen LogP contribution in [0, 0.1) is 0 Å². The zero-order valence-corrected chi connectivity index (χ0v) is 66.3. The average Bonchev–Trinajstić information content (AvgIpc) is 1.19. The van der Waals surface area contributed by atoms with Crippen molar-refractivity contribution in [2.24, 2.45) is 0 Å². The van der Waals surface area contributed by atoms with Crippen molar-refractivity contribution in [3.05, 3.63) is 405 Å². The third-order valence-corrected chi connectivity index (χ3v) is 24.6. The Morgan fingerprint density at radius 3 is 0.940 bits per heavy atom. The summed E-state index contributed by atoms with van der Waals surface area (Å²) >= 11 is 0. The van der Waals surface area contributed by atoms with E-state index in [2.05, 4.69) is 464 Å². The fourth-order valence-electron chi connectivity index (χ4n) is 19.0. The van der Waals surface area contributed by atoms with Crippen LogP contribution in [0.2, 0.25) is 0 Å². The predicted molar refractivity (Wildman–Crippen MR) is 497 cm³/mol. The number of anilines is 9. The topological polar surface area (TPSA) is 24.5 Å². The van der Waals surface area contributed by atoms with Crippen molar-refractivity contribution in [3.8, 4) is 61.6 Å². The first-order valence-electron chi connectivity index (χ1n) is 40.9. The molecular formula is C110H83BN6. The molecule has 0 N–H and O–H groups in total. The van der Waals surface area contributed by atoms with Crippen molar-refractivity contribution >= 4 is 140 Å². The summed E-state index contributed by atoms with van der Waals surface area (Å²) in [5.74, 6) is 0. The van der Waals surface area contributed by atoms with Crippen LogP contribution < -0.4 is 31.1 Å². The SMILES string of the molecule is CC(C)(C)c1ccc2c(c1)c1cc(C(C)(C)C)ccc1n2-c1cc2c3c(c1)N(c1cc(-c4ccccc4)cc(-c4ccccc4)c1)c1cc(-n4c5ccccc5c5ccccc54)ccc1B3c1ccc(N(c3ccccc3)c3ccc(-n4c5ccccc5c5ccccc54)cc3)cc1N2c1cc(-c2ccccc2)cc(-c2ccccc2)c1. The van der Waals surface area contributed by atoms with E-state index in [4.69, 9.17) is 0 Å². The maximum absolute atomic E-state index is 2.65. The number of rotatable bonds is 12. The lowest BCUT2D eigenvalue weighted by atomic mass is 9.33. The molecule has 0 atom stereocenters. The summed E-state index contributed by atoms with van der Waals surface area (Å²) < 4.78 is 7.49. The first-order chi connectivity index (χ1) is 57.3. The van der Waals surface area contributed by atoms with Gasteiger partial charge in [0.15, 0.2) is 0 Å². The predicted octanol–water partition coefficient (Wildman–Crippen LogP) is 27.8. The van der Waals surface area contributed by atoms with Gasteiger partial charge in [0.05, 0.1) is 38.8 Å². The second-order valence-electron chi connectivity index (χ2n) is 33.7. The molecule has 0 aliphatic carbocycles. The molecule has 0 bridgehead atoms. The minimum Gasteiger partial charge on any atom is -0.311 e. The fourth-order valence-corrected chi connectivity index (χ4v) is 19.0. The van der Waals surface area contributed by atoms with Gasteiger partial charge in [-0.1, -0.05) is 278 Å². The van der Waals surface area contributed by atoms with Gasteiger partial charge in [-0.2, -0.15) is 0 Å². The summed E-state index contributed by atoms with van der Waals surface area (Å²) in [6, 6.07) is 148. The Morgan fingerprint density at radius 1 is 0.214 bits per heavy atom. The molecule has 117 heavy (non-hydrogen) atoms. The van der Waals surface area contributed by atoms with E-state index in [0.29, 0.717) is 0 Å². The Bertz CT molecular complexity index is 7040. The molecule has 0 saturated carbocycles. The molecule has 2 aliphatic heterocycles. The van der Waals surface area contributed by atoms with E-state index in [-0.39, 0.29) is 17.5 Å². The van der Waals surface area contributed by atoms with Crippen LogP contribution in [0.15, 0.2) is 394 Å². The lowest BCUT2D eigenvalue weighted by molar-refractivity contribution is 0.590. The second-order valence-corrected chi connectivity index (χ2v) is 33.7. The van der Waals surface area contributed by atoms with Gasteiger partial charge in [0.1, 0.15) is 0 Å². The zero-order valence-electron chi connectivity index (χ0n) is 66.3. The number of hydrogen-bond donors (Lipinski definition) is 0. The van der Waals surface area contributed by atoms with Crippen LogP contribution in [-0.4, -0.2) is 20.4 Å². The molecule has 5 heterocycles. The van der Waals surface area contributed by atoms with Crippen LogP contribution in [-0.2, 0) is 10.8 Å². The van der Waals surface area contributed by atoms with Gasteiger partial charge >= 0.3 is 0 Å². The smallest absolute Gasteiger partial charge is 0.252 e. The number of hydrogen-bond acceptors (Lipinski definition) is 3. The lowest BCUT2D eigenvalue weighted by Crippen LogP contribution is -2.61. The highest BCUT2D eigenvalue weighted by atomic mass is 15.2. The van der Waals surface area contributed by atoms with Gasteiger partial charge in [-0.3, -0.25) is 0 Å². The molecule has 0 amide bonds. The standard InChI is InChI=1S/C110H83BN6/c1-109(2,3)80-48-58-102-94(66-80)95-67-81(110(4,5)6)49-59-103(95)115(102)89-70-106-108-107(71-89)117(88-64-78(74-34-16-9-17-35-74)61-79(65-88)75-36-18-10-19-37-75)105-69-86(114-100-46-28-24-42-92(100)93-43-25-29-47-101(93)114)55-57-97(105)111(108)96-56-54-85(68-104(96)116(106)87-62-76(72-30-12-7-13-31-72)60-77(63-87)73-32-14-8-15-33-73)112(82-38-20-11-21-39-82)83-50-52-84(53-51-83)113-98-44-26-22-40-90(98)91-41-23-27-45-99(91)113/h7-71H,1-6H3. The second kappa shape index (κ2) is 27.2. The highest BCUT2D eigenvalue weighted by Crippen LogP contribution is 2.52.